The van der Waals surface area contributed by atoms with Crippen LogP contribution in [0.1, 0.15) is 5.56 Å². The van der Waals surface area contributed by atoms with Crippen LogP contribution in [0.2, 0.25) is 0 Å². The normalized spacial score (nSPS) is 10.6. The van der Waals surface area contributed by atoms with E-state index in [2.05, 4.69) is 37.2 Å². The lowest BCUT2D eigenvalue weighted by molar-refractivity contribution is -0.111. The molecule has 1 amide bonds. The molecular formula is C17H15Br2NO3. The van der Waals surface area contributed by atoms with Gasteiger partial charge in [0.15, 0.2) is 0 Å². The smallest absolute Gasteiger partial charge is 0.248 e. The first kappa shape index (κ1) is 17.6. The van der Waals surface area contributed by atoms with Crippen molar-refractivity contribution < 1.29 is 14.3 Å². The summed E-state index contributed by atoms with van der Waals surface area (Å²) >= 11 is 6.85. The number of halogens is 2. The number of hydrogen-bond donors (Lipinski definition) is 1. The van der Waals surface area contributed by atoms with Gasteiger partial charge >= 0.3 is 0 Å². The maximum absolute atomic E-state index is 12.1. The number of anilines is 1. The molecule has 6 heteroatoms. The number of carbonyl (C=O) groups is 1. The lowest BCUT2D eigenvalue weighted by Crippen LogP contribution is -2.08. The molecule has 2 aromatic rings. The van der Waals surface area contributed by atoms with Crippen molar-refractivity contribution in [2.45, 2.75) is 0 Å². The van der Waals surface area contributed by atoms with Crippen LogP contribution in [0.5, 0.6) is 11.5 Å². The van der Waals surface area contributed by atoms with E-state index in [-0.39, 0.29) is 5.91 Å². The molecule has 120 valence electrons. The van der Waals surface area contributed by atoms with Gasteiger partial charge in [0.05, 0.1) is 24.4 Å². The third-order valence-corrected chi connectivity index (χ3v) is 4.07. The number of methoxy groups -OCH3 is 2. The topological polar surface area (TPSA) is 47.6 Å². The summed E-state index contributed by atoms with van der Waals surface area (Å²) in [5.74, 6) is 1.01. The zero-order valence-electron chi connectivity index (χ0n) is 12.6. The minimum atomic E-state index is -0.257. The van der Waals surface area contributed by atoms with Gasteiger partial charge < -0.3 is 14.8 Å². The molecule has 0 heterocycles. The van der Waals surface area contributed by atoms with Crippen molar-refractivity contribution in [1.29, 1.82) is 0 Å². The summed E-state index contributed by atoms with van der Waals surface area (Å²) < 4.78 is 12.2. The lowest BCUT2D eigenvalue weighted by Gasteiger charge is -2.09. The largest absolute Gasteiger partial charge is 0.495 e. The summed E-state index contributed by atoms with van der Waals surface area (Å²) in [6.07, 6.45) is 3.14. The molecule has 0 aliphatic carbocycles. The third-order valence-electron chi connectivity index (χ3n) is 3.02. The van der Waals surface area contributed by atoms with E-state index in [9.17, 15) is 4.79 Å². The molecule has 0 aliphatic rings. The molecule has 0 aromatic heterocycles. The molecule has 0 bridgehead atoms. The predicted molar refractivity (Wildman–Crippen MR) is 99.1 cm³/mol. The van der Waals surface area contributed by atoms with Crippen molar-refractivity contribution in [1.82, 2.24) is 0 Å². The number of nitrogens with one attached hydrogen (secondary N) is 1. The molecule has 0 fully saturated rings. The molecule has 0 saturated carbocycles. The first-order valence-electron chi connectivity index (χ1n) is 6.70. The van der Waals surface area contributed by atoms with E-state index in [1.807, 2.05) is 24.3 Å². The highest BCUT2D eigenvalue weighted by atomic mass is 79.9. The van der Waals surface area contributed by atoms with Gasteiger partial charge in [0.25, 0.3) is 0 Å². The van der Waals surface area contributed by atoms with Crippen molar-refractivity contribution in [3.05, 3.63) is 57.0 Å². The van der Waals surface area contributed by atoms with Crippen LogP contribution in [0.3, 0.4) is 0 Å². The second-order valence-electron chi connectivity index (χ2n) is 4.53. The van der Waals surface area contributed by atoms with Crippen LogP contribution in [-0.2, 0) is 4.79 Å². The highest BCUT2D eigenvalue weighted by Crippen LogP contribution is 2.33. The summed E-state index contributed by atoms with van der Waals surface area (Å²) in [5.41, 5.74) is 1.40. The zero-order valence-corrected chi connectivity index (χ0v) is 15.8. The van der Waals surface area contributed by atoms with Crippen LogP contribution in [0.4, 0.5) is 5.69 Å². The van der Waals surface area contributed by atoms with Gasteiger partial charge in [-0.05, 0) is 46.3 Å². The molecule has 0 saturated heterocycles. The molecule has 0 aliphatic heterocycles. The number of para-hydroxylation sites is 2. The number of ether oxygens (including phenoxy) is 2. The van der Waals surface area contributed by atoms with Gasteiger partial charge in [0, 0.05) is 16.1 Å². The van der Waals surface area contributed by atoms with Crippen molar-refractivity contribution in [3.63, 3.8) is 0 Å². The Hall–Kier alpha value is -1.79. The summed E-state index contributed by atoms with van der Waals surface area (Å²) in [7, 11) is 3.14. The molecule has 1 N–H and O–H groups in total. The molecule has 4 nitrogen and oxygen atoms in total. The standard InChI is InChI=1S/C17H15Br2NO3/c1-22-15-6-4-3-5-14(15)20-16(21)8-7-11-9-12(18)10-13(19)17(11)23-2/h3-10H,1-2H3,(H,20,21)/b8-7+. The lowest BCUT2D eigenvalue weighted by atomic mass is 10.2. The number of carbonyl (C=O) groups excluding carboxylic acids is 1. The fourth-order valence-corrected chi connectivity index (χ4v) is 3.43. The fraction of sp³-hybridized carbons (Fsp3) is 0.118. The van der Waals surface area contributed by atoms with E-state index in [0.29, 0.717) is 17.2 Å². The Balaban J connectivity index is 2.19. The molecule has 0 radical (unpaired) electrons. The van der Waals surface area contributed by atoms with E-state index in [1.54, 1.807) is 32.4 Å². The maximum Gasteiger partial charge on any atom is 0.248 e. The minimum Gasteiger partial charge on any atom is -0.495 e. The predicted octanol–water partition coefficient (Wildman–Crippen LogP) is 4.88. The number of amides is 1. The maximum atomic E-state index is 12.1. The second-order valence-corrected chi connectivity index (χ2v) is 6.30. The van der Waals surface area contributed by atoms with E-state index in [0.717, 1.165) is 14.5 Å². The molecule has 0 atom stereocenters. The Labute approximate surface area is 151 Å². The van der Waals surface area contributed by atoms with Gasteiger partial charge in [-0.2, -0.15) is 0 Å². The van der Waals surface area contributed by atoms with Crippen LogP contribution in [0.25, 0.3) is 6.08 Å². The van der Waals surface area contributed by atoms with Gasteiger partial charge in [-0.3, -0.25) is 4.79 Å². The monoisotopic (exact) mass is 439 g/mol. The molecular weight excluding hydrogens is 426 g/mol. The highest BCUT2D eigenvalue weighted by molar-refractivity contribution is 9.11. The van der Waals surface area contributed by atoms with Gasteiger partial charge in [0.1, 0.15) is 11.5 Å². The fourth-order valence-electron chi connectivity index (χ4n) is 2.01. The Morgan fingerprint density at radius 1 is 1.13 bits per heavy atom. The first-order valence-corrected chi connectivity index (χ1v) is 8.29. The van der Waals surface area contributed by atoms with E-state index in [1.165, 1.54) is 6.08 Å². The van der Waals surface area contributed by atoms with Crippen molar-refractivity contribution >= 4 is 49.5 Å². The summed E-state index contributed by atoms with van der Waals surface area (Å²) in [5, 5.41) is 2.78. The van der Waals surface area contributed by atoms with E-state index < -0.39 is 0 Å². The van der Waals surface area contributed by atoms with Crippen LogP contribution < -0.4 is 14.8 Å². The summed E-state index contributed by atoms with van der Waals surface area (Å²) in [4.78, 5) is 12.1. The third kappa shape index (κ3) is 4.59. The van der Waals surface area contributed by atoms with Gasteiger partial charge in [-0.25, -0.2) is 0 Å². The van der Waals surface area contributed by atoms with Crippen LogP contribution >= 0.6 is 31.9 Å². The van der Waals surface area contributed by atoms with E-state index in [4.69, 9.17) is 9.47 Å². The molecule has 0 spiro atoms. The average molecular weight is 441 g/mol. The Kier molecular flexibility index (Phi) is 6.24. The van der Waals surface area contributed by atoms with E-state index >= 15 is 0 Å². The number of hydrogen-bond acceptors (Lipinski definition) is 3. The van der Waals surface area contributed by atoms with Gasteiger partial charge in [-0.15, -0.1) is 0 Å². The SMILES string of the molecule is COc1ccccc1NC(=O)/C=C/c1cc(Br)cc(Br)c1OC. The van der Waals surface area contributed by atoms with Crippen LogP contribution in [0, 0.1) is 0 Å². The molecule has 23 heavy (non-hydrogen) atoms. The molecule has 2 aromatic carbocycles. The highest BCUT2D eigenvalue weighted by Gasteiger charge is 2.08. The Morgan fingerprint density at radius 3 is 2.57 bits per heavy atom. The number of benzene rings is 2. The molecule has 0 unspecified atom stereocenters. The summed E-state index contributed by atoms with van der Waals surface area (Å²) in [6, 6.07) is 11.0. The Morgan fingerprint density at radius 2 is 1.87 bits per heavy atom. The molecule has 2 rings (SSSR count). The van der Waals surface area contributed by atoms with Crippen LogP contribution in [0.15, 0.2) is 51.4 Å². The quantitative estimate of drug-likeness (QED) is 0.674. The minimum absolute atomic E-state index is 0.257. The Bertz CT molecular complexity index is 745. The number of rotatable bonds is 5. The van der Waals surface area contributed by atoms with Crippen molar-refractivity contribution in [3.8, 4) is 11.5 Å². The van der Waals surface area contributed by atoms with Crippen molar-refractivity contribution in [2.75, 3.05) is 19.5 Å². The first-order chi connectivity index (χ1) is 11.0. The zero-order chi connectivity index (χ0) is 16.8. The summed E-state index contributed by atoms with van der Waals surface area (Å²) in [6.45, 7) is 0. The van der Waals surface area contributed by atoms with Gasteiger partial charge in [0.2, 0.25) is 5.91 Å². The van der Waals surface area contributed by atoms with Crippen LogP contribution in [-0.4, -0.2) is 20.1 Å². The van der Waals surface area contributed by atoms with Gasteiger partial charge in [-0.1, -0.05) is 28.1 Å². The van der Waals surface area contributed by atoms with Crippen molar-refractivity contribution in [2.24, 2.45) is 0 Å². The average Bonchev–Trinajstić information content (AvgIpc) is 2.53. The second kappa shape index (κ2) is 8.17.